The van der Waals surface area contributed by atoms with E-state index < -0.39 is 28.2 Å². The number of nitro groups is 1. The van der Waals surface area contributed by atoms with Crippen molar-refractivity contribution in [2.24, 2.45) is 5.92 Å². The molecule has 1 aliphatic heterocycles. The lowest BCUT2D eigenvalue weighted by Gasteiger charge is -1.97. The fourth-order valence-corrected chi connectivity index (χ4v) is 1.40. The molecule has 1 saturated heterocycles. The van der Waals surface area contributed by atoms with Crippen LogP contribution < -0.4 is 5.32 Å². The van der Waals surface area contributed by atoms with E-state index in [2.05, 4.69) is 0 Å². The Kier molecular flexibility index (Phi) is 0.804. The fourth-order valence-electron chi connectivity index (χ4n) is 1.40. The molecule has 2 unspecified atom stereocenters. The Bertz CT molecular complexity index is 286. The second kappa shape index (κ2) is 1.41. The highest BCUT2D eigenvalue weighted by atomic mass is 16.6. The summed E-state index contributed by atoms with van der Waals surface area (Å²) in [7, 11) is 0. The molecule has 1 saturated carbocycles. The van der Waals surface area contributed by atoms with Crippen molar-refractivity contribution in [3.05, 3.63) is 10.1 Å². The van der Waals surface area contributed by atoms with E-state index in [0.717, 1.165) is 0 Å². The molecule has 0 aromatic heterocycles. The highest BCUT2D eigenvalue weighted by molar-refractivity contribution is 6.13. The number of amides is 2. The number of hydrogen-bond donors (Lipinski definition) is 1. The van der Waals surface area contributed by atoms with Gasteiger partial charge in [-0.2, -0.15) is 0 Å². The molecule has 2 fully saturated rings. The molecule has 2 aliphatic rings. The Morgan fingerprint density at radius 2 is 2.27 bits per heavy atom. The standard InChI is InChI=1S/C5H4N2O4/c8-3-2-1-5(2,7(10)11)4(9)6-3/h2H,1H2,(H,6,8,9). The SMILES string of the molecule is O=C1NC(=O)C2([N+](=O)[O-])CC12. The van der Waals surface area contributed by atoms with Crippen molar-refractivity contribution in [2.75, 3.05) is 0 Å². The summed E-state index contributed by atoms with van der Waals surface area (Å²) in [6.45, 7) is 0. The van der Waals surface area contributed by atoms with E-state index in [1.807, 2.05) is 5.32 Å². The molecule has 11 heavy (non-hydrogen) atoms. The third kappa shape index (κ3) is 0.482. The van der Waals surface area contributed by atoms with Gasteiger partial charge >= 0.3 is 11.4 Å². The molecule has 58 valence electrons. The fraction of sp³-hybridized carbons (Fsp3) is 0.600. The second-order valence-electron chi connectivity index (χ2n) is 2.76. The van der Waals surface area contributed by atoms with Gasteiger partial charge < -0.3 is 0 Å². The number of nitrogens with zero attached hydrogens (tertiary/aromatic N) is 1. The van der Waals surface area contributed by atoms with Crippen LogP contribution in [0.15, 0.2) is 0 Å². The van der Waals surface area contributed by atoms with Crippen LogP contribution in [0.1, 0.15) is 6.42 Å². The minimum Gasteiger partial charge on any atom is -0.290 e. The summed E-state index contributed by atoms with van der Waals surface area (Å²) in [5.41, 5.74) is -1.59. The number of nitrogens with one attached hydrogen (secondary N) is 1. The topological polar surface area (TPSA) is 89.3 Å². The third-order valence-corrected chi connectivity index (χ3v) is 2.20. The first-order chi connectivity index (χ1) is 5.09. The van der Waals surface area contributed by atoms with Crippen molar-refractivity contribution >= 4 is 11.8 Å². The Labute approximate surface area is 60.7 Å². The highest BCUT2D eigenvalue weighted by Crippen LogP contribution is 2.50. The molecule has 0 aromatic carbocycles. The van der Waals surface area contributed by atoms with E-state index in [1.54, 1.807) is 0 Å². The minimum absolute atomic E-state index is 0.0741. The van der Waals surface area contributed by atoms with Gasteiger partial charge in [-0.05, 0) is 0 Å². The van der Waals surface area contributed by atoms with Crippen LogP contribution in [0.4, 0.5) is 0 Å². The predicted molar refractivity (Wildman–Crippen MR) is 31.0 cm³/mol. The van der Waals surface area contributed by atoms with Gasteiger partial charge in [-0.25, -0.2) is 0 Å². The molecule has 1 N–H and O–H groups in total. The normalized spacial score (nSPS) is 39.8. The first-order valence-corrected chi connectivity index (χ1v) is 3.09. The second-order valence-corrected chi connectivity index (χ2v) is 2.76. The van der Waals surface area contributed by atoms with Gasteiger partial charge in [0.25, 0.3) is 0 Å². The average Bonchev–Trinajstić information content (AvgIpc) is 2.56. The van der Waals surface area contributed by atoms with E-state index in [9.17, 15) is 19.7 Å². The van der Waals surface area contributed by atoms with Crippen LogP contribution in [-0.2, 0) is 9.59 Å². The van der Waals surface area contributed by atoms with Gasteiger partial charge in [0.15, 0.2) is 0 Å². The van der Waals surface area contributed by atoms with E-state index in [-0.39, 0.29) is 6.42 Å². The molecule has 6 nitrogen and oxygen atoms in total. The summed E-state index contributed by atoms with van der Waals surface area (Å²) >= 11 is 0. The van der Waals surface area contributed by atoms with Gasteiger partial charge in [0, 0.05) is 11.3 Å². The van der Waals surface area contributed by atoms with Crippen LogP contribution in [0.2, 0.25) is 0 Å². The van der Waals surface area contributed by atoms with Crippen LogP contribution in [0.25, 0.3) is 0 Å². The van der Waals surface area contributed by atoms with E-state index in [1.165, 1.54) is 0 Å². The zero-order valence-electron chi connectivity index (χ0n) is 5.36. The summed E-state index contributed by atoms with van der Waals surface area (Å²) in [4.78, 5) is 31.2. The maximum absolute atomic E-state index is 10.8. The molecule has 0 spiro atoms. The minimum atomic E-state index is -1.59. The van der Waals surface area contributed by atoms with Crippen molar-refractivity contribution in [1.82, 2.24) is 5.32 Å². The zero-order valence-corrected chi connectivity index (χ0v) is 5.36. The number of imide groups is 1. The maximum atomic E-state index is 10.8. The van der Waals surface area contributed by atoms with Crippen molar-refractivity contribution in [1.29, 1.82) is 0 Å². The summed E-state index contributed by atoms with van der Waals surface area (Å²) in [5, 5.41) is 12.2. The van der Waals surface area contributed by atoms with Gasteiger partial charge in [0.05, 0.1) is 0 Å². The summed E-state index contributed by atoms with van der Waals surface area (Å²) < 4.78 is 0. The van der Waals surface area contributed by atoms with Gasteiger partial charge in [-0.3, -0.25) is 25.0 Å². The molecule has 0 aromatic rings. The van der Waals surface area contributed by atoms with Gasteiger partial charge in [0.2, 0.25) is 5.91 Å². The maximum Gasteiger partial charge on any atom is 0.311 e. The van der Waals surface area contributed by atoms with E-state index in [0.29, 0.717) is 0 Å². The van der Waals surface area contributed by atoms with Gasteiger partial charge in [0.1, 0.15) is 5.92 Å². The molecule has 1 heterocycles. The molecule has 2 atom stereocenters. The quantitative estimate of drug-likeness (QED) is 0.289. The number of piperidine rings is 1. The number of carbonyl (C=O) groups excluding carboxylic acids is 2. The van der Waals surface area contributed by atoms with Crippen molar-refractivity contribution < 1.29 is 14.5 Å². The Balaban J connectivity index is 2.40. The number of fused-ring (bicyclic) bond motifs is 1. The first-order valence-electron chi connectivity index (χ1n) is 3.09. The summed E-state index contributed by atoms with van der Waals surface area (Å²) in [5.74, 6) is -1.96. The molecular weight excluding hydrogens is 152 g/mol. The van der Waals surface area contributed by atoms with Crippen LogP contribution in [0.3, 0.4) is 0 Å². The smallest absolute Gasteiger partial charge is 0.290 e. The molecule has 0 radical (unpaired) electrons. The monoisotopic (exact) mass is 156 g/mol. The van der Waals surface area contributed by atoms with Crippen LogP contribution in [-0.4, -0.2) is 22.3 Å². The number of rotatable bonds is 1. The zero-order chi connectivity index (χ0) is 8.22. The average molecular weight is 156 g/mol. The molecule has 2 rings (SSSR count). The van der Waals surface area contributed by atoms with Crippen molar-refractivity contribution in [3.63, 3.8) is 0 Å². The van der Waals surface area contributed by atoms with Crippen molar-refractivity contribution in [3.8, 4) is 0 Å². The van der Waals surface area contributed by atoms with Crippen molar-refractivity contribution in [2.45, 2.75) is 12.0 Å². The van der Waals surface area contributed by atoms with E-state index in [4.69, 9.17) is 0 Å². The van der Waals surface area contributed by atoms with Gasteiger partial charge in [-0.1, -0.05) is 0 Å². The largest absolute Gasteiger partial charge is 0.311 e. The van der Waals surface area contributed by atoms with Crippen LogP contribution in [0.5, 0.6) is 0 Å². The van der Waals surface area contributed by atoms with Crippen LogP contribution in [0, 0.1) is 16.0 Å². The first kappa shape index (κ1) is 6.26. The predicted octanol–water partition coefficient (Wildman–Crippen LogP) is -1.32. The van der Waals surface area contributed by atoms with Crippen LogP contribution >= 0.6 is 0 Å². The molecular formula is C5H4N2O4. The lowest BCUT2D eigenvalue weighted by molar-refractivity contribution is -0.523. The Morgan fingerprint density at radius 1 is 1.64 bits per heavy atom. The third-order valence-electron chi connectivity index (χ3n) is 2.20. The lowest BCUT2D eigenvalue weighted by atomic mass is 10.2. The molecule has 0 bridgehead atoms. The lowest BCUT2D eigenvalue weighted by Crippen LogP contribution is -2.36. The Hall–Kier alpha value is -1.46. The summed E-state index contributed by atoms with van der Waals surface area (Å²) in [6, 6.07) is 0. The number of hydrogen-bond acceptors (Lipinski definition) is 4. The summed E-state index contributed by atoms with van der Waals surface area (Å²) in [6.07, 6.45) is 0.0741. The molecule has 6 heteroatoms. The number of carbonyl (C=O) groups is 2. The van der Waals surface area contributed by atoms with E-state index >= 15 is 0 Å². The Morgan fingerprint density at radius 3 is 2.45 bits per heavy atom. The van der Waals surface area contributed by atoms with Gasteiger partial charge in [-0.15, -0.1) is 0 Å². The molecule has 2 amide bonds. The highest BCUT2D eigenvalue weighted by Gasteiger charge is 2.79. The molecule has 1 aliphatic carbocycles.